The van der Waals surface area contributed by atoms with Crippen molar-refractivity contribution in [1.29, 1.82) is 0 Å². The first-order chi connectivity index (χ1) is 10.2. The minimum Gasteiger partial charge on any atom is -0.271 e. The number of aromatic nitrogens is 1. The molecule has 0 fully saturated rings. The Hall–Kier alpha value is -1.46. The van der Waals surface area contributed by atoms with Gasteiger partial charge in [-0.15, -0.1) is 0 Å². The summed E-state index contributed by atoms with van der Waals surface area (Å²) in [6.07, 6.45) is 1.79. The van der Waals surface area contributed by atoms with Crippen molar-refractivity contribution in [3.8, 4) is 0 Å². The standard InChI is InChI=1S/C16H13BrClN3/c17-13-9-12(3-5-14(13)18)16(21-19)11-4-6-15-10(8-11)2-1-7-20-15/h1-9,16,21H,19H2. The van der Waals surface area contributed by atoms with Crippen molar-refractivity contribution < 1.29 is 0 Å². The summed E-state index contributed by atoms with van der Waals surface area (Å²) < 4.78 is 0.851. The number of nitrogens with one attached hydrogen (secondary N) is 1. The Morgan fingerprint density at radius 1 is 1.10 bits per heavy atom. The maximum absolute atomic E-state index is 6.05. The molecule has 5 heteroatoms. The van der Waals surface area contributed by atoms with Crippen molar-refractivity contribution in [1.82, 2.24) is 10.4 Å². The molecule has 1 atom stereocenters. The van der Waals surface area contributed by atoms with Gasteiger partial charge in [0.15, 0.2) is 0 Å². The molecule has 0 radical (unpaired) electrons. The van der Waals surface area contributed by atoms with Crippen molar-refractivity contribution in [3.63, 3.8) is 0 Å². The average molecular weight is 363 g/mol. The summed E-state index contributed by atoms with van der Waals surface area (Å²) in [5.41, 5.74) is 5.94. The van der Waals surface area contributed by atoms with Gasteiger partial charge in [0.2, 0.25) is 0 Å². The molecule has 0 bridgehead atoms. The van der Waals surface area contributed by atoms with Crippen LogP contribution in [0.1, 0.15) is 17.2 Å². The van der Waals surface area contributed by atoms with Gasteiger partial charge in [-0.2, -0.15) is 0 Å². The molecule has 3 aromatic rings. The monoisotopic (exact) mass is 361 g/mol. The van der Waals surface area contributed by atoms with Crippen molar-refractivity contribution in [2.24, 2.45) is 5.84 Å². The van der Waals surface area contributed by atoms with Crippen LogP contribution in [0.2, 0.25) is 5.02 Å². The van der Waals surface area contributed by atoms with Gasteiger partial charge in [0, 0.05) is 16.1 Å². The van der Waals surface area contributed by atoms with Gasteiger partial charge in [-0.05, 0) is 57.4 Å². The highest BCUT2D eigenvalue weighted by Crippen LogP contribution is 2.29. The molecule has 106 valence electrons. The van der Waals surface area contributed by atoms with Crippen LogP contribution in [0.15, 0.2) is 59.2 Å². The van der Waals surface area contributed by atoms with Gasteiger partial charge < -0.3 is 0 Å². The molecule has 0 aliphatic rings. The number of nitrogens with two attached hydrogens (primary N) is 1. The molecule has 0 aliphatic heterocycles. The number of hydrazine groups is 1. The Morgan fingerprint density at radius 3 is 2.62 bits per heavy atom. The number of halogens is 2. The maximum Gasteiger partial charge on any atom is 0.0710 e. The topological polar surface area (TPSA) is 50.9 Å². The van der Waals surface area contributed by atoms with Crippen LogP contribution in [-0.4, -0.2) is 4.98 Å². The number of hydrogen-bond donors (Lipinski definition) is 2. The summed E-state index contributed by atoms with van der Waals surface area (Å²) in [6, 6.07) is 15.8. The van der Waals surface area contributed by atoms with Gasteiger partial charge in [-0.1, -0.05) is 29.8 Å². The minimum absolute atomic E-state index is 0.108. The van der Waals surface area contributed by atoms with E-state index in [2.05, 4.69) is 32.4 Å². The zero-order valence-electron chi connectivity index (χ0n) is 11.1. The van der Waals surface area contributed by atoms with Crippen LogP contribution in [0.25, 0.3) is 10.9 Å². The number of benzene rings is 2. The normalized spacial score (nSPS) is 12.5. The SMILES string of the molecule is NNC(c1ccc(Cl)c(Br)c1)c1ccc2ncccc2c1. The lowest BCUT2D eigenvalue weighted by atomic mass is 9.98. The van der Waals surface area contributed by atoms with E-state index in [1.54, 1.807) is 6.20 Å². The first-order valence-corrected chi connectivity index (χ1v) is 7.62. The number of pyridine rings is 1. The van der Waals surface area contributed by atoms with E-state index in [4.69, 9.17) is 17.4 Å². The Labute approximate surface area is 136 Å². The highest BCUT2D eigenvalue weighted by Gasteiger charge is 2.14. The van der Waals surface area contributed by atoms with E-state index in [0.29, 0.717) is 5.02 Å². The van der Waals surface area contributed by atoms with E-state index < -0.39 is 0 Å². The fraction of sp³-hybridized carbons (Fsp3) is 0.0625. The first kappa shape index (κ1) is 14.5. The second-order valence-electron chi connectivity index (χ2n) is 4.73. The molecule has 1 heterocycles. The summed E-state index contributed by atoms with van der Waals surface area (Å²) in [5.74, 6) is 5.76. The predicted molar refractivity (Wildman–Crippen MR) is 90.1 cm³/mol. The van der Waals surface area contributed by atoms with Gasteiger partial charge in [0.25, 0.3) is 0 Å². The molecule has 3 rings (SSSR count). The van der Waals surface area contributed by atoms with Crippen molar-refractivity contribution in [3.05, 3.63) is 75.4 Å². The highest BCUT2D eigenvalue weighted by molar-refractivity contribution is 9.10. The number of rotatable bonds is 3. The number of nitrogens with zero attached hydrogens (tertiary/aromatic N) is 1. The third-order valence-electron chi connectivity index (χ3n) is 3.40. The van der Waals surface area contributed by atoms with Gasteiger partial charge in [0.05, 0.1) is 16.6 Å². The van der Waals surface area contributed by atoms with Crippen LogP contribution in [0.5, 0.6) is 0 Å². The van der Waals surface area contributed by atoms with Crippen LogP contribution in [0, 0.1) is 0 Å². The van der Waals surface area contributed by atoms with Gasteiger partial charge in [0.1, 0.15) is 0 Å². The molecular formula is C16H13BrClN3. The lowest BCUT2D eigenvalue weighted by Gasteiger charge is -2.18. The summed E-state index contributed by atoms with van der Waals surface area (Å²) in [5, 5.41) is 1.76. The molecule has 2 aromatic carbocycles. The average Bonchev–Trinajstić information content (AvgIpc) is 2.51. The molecule has 1 unspecified atom stereocenters. The summed E-state index contributed by atoms with van der Waals surface area (Å²) in [7, 11) is 0. The van der Waals surface area contributed by atoms with Crippen molar-refractivity contribution in [2.45, 2.75) is 6.04 Å². The molecule has 0 amide bonds. The van der Waals surface area contributed by atoms with Crippen LogP contribution < -0.4 is 11.3 Å². The van der Waals surface area contributed by atoms with Crippen molar-refractivity contribution >= 4 is 38.4 Å². The summed E-state index contributed by atoms with van der Waals surface area (Å²) in [6.45, 7) is 0. The van der Waals surface area contributed by atoms with E-state index >= 15 is 0 Å². The number of hydrogen-bond acceptors (Lipinski definition) is 3. The van der Waals surface area contributed by atoms with Gasteiger partial charge >= 0.3 is 0 Å². The molecule has 0 spiro atoms. The second-order valence-corrected chi connectivity index (χ2v) is 5.99. The molecule has 1 aromatic heterocycles. The molecule has 0 aliphatic carbocycles. The van der Waals surface area contributed by atoms with E-state index in [0.717, 1.165) is 26.5 Å². The maximum atomic E-state index is 6.05. The zero-order valence-corrected chi connectivity index (χ0v) is 13.4. The fourth-order valence-corrected chi connectivity index (χ4v) is 2.86. The Bertz CT molecular complexity index is 791. The van der Waals surface area contributed by atoms with E-state index in [1.165, 1.54) is 0 Å². The van der Waals surface area contributed by atoms with Crippen LogP contribution in [0.3, 0.4) is 0 Å². The summed E-state index contributed by atoms with van der Waals surface area (Å²) >= 11 is 9.49. The first-order valence-electron chi connectivity index (χ1n) is 6.45. The number of fused-ring (bicyclic) bond motifs is 1. The largest absolute Gasteiger partial charge is 0.271 e. The molecule has 0 saturated heterocycles. The van der Waals surface area contributed by atoms with Crippen molar-refractivity contribution in [2.75, 3.05) is 0 Å². The highest BCUT2D eigenvalue weighted by atomic mass is 79.9. The second kappa shape index (κ2) is 6.12. The minimum atomic E-state index is -0.108. The molecule has 3 N–H and O–H groups in total. The fourth-order valence-electron chi connectivity index (χ4n) is 2.35. The zero-order chi connectivity index (χ0) is 14.8. The Kier molecular flexibility index (Phi) is 4.22. The van der Waals surface area contributed by atoms with E-state index in [-0.39, 0.29) is 6.04 Å². The molecule has 3 nitrogen and oxygen atoms in total. The quantitative estimate of drug-likeness (QED) is 0.542. The lowest BCUT2D eigenvalue weighted by Crippen LogP contribution is -2.28. The van der Waals surface area contributed by atoms with E-state index in [1.807, 2.05) is 42.5 Å². The molecule has 21 heavy (non-hydrogen) atoms. The smallest absolute Gasteiger partial charge is 0.0710 e. The third-order valence-corrected chi connectivity index (χ3v) is 4.62. The summed E-state index contributed by atoms with van der Waals surface area (Å²) in [4.78, 5) is 4.33. The Balaban J connectivity index is 2.06. The van der Waals surface area contributed by atoms with Crippen LogP contribution in [-0.2, 0) is 0 Å². The van der Waals surface area contributed by atoms with Crippen LogP contribution in [0.4, 0.5) is 0 Å². The van der Waals surface area contributed by atoms with Gasteiger partial charge in [-0.25, -0.2) is 5.43 Å². The van der Waals surface area contributed by atoms with Gasteiger partial charge in [-0.3, -0.25) is 10.8 Å². The van der Waals surface area contributed by atoms with Crippen LogP contribution >= 0.6 is 27.5 Å². The lowest BCUT2D eigenvalue weighted by molar-refractivity contribution is 0.637. The van der Waals surface area contributed by atoms with E-state index in [9.17, 15) is 0 Å². The third kappa shape index (κ3) is 2.94. The Morgan fingerprint density at radius 2 is 1.86 bits per heavy atom. The molecular weight excluding hydrogens is 350 g/mol. The predicted octanol–water partition coefficient (Wildman–Crippen LogP) is 4.20. The molecule has 0 saturated carbocycles.